The average molecular weight is 489 g/mol. The van der Waals surface area contributed by atoms with Crippen molar-refractivity contribution in [1.29, 1.82) is 0 Å². The van der Waals surface area contributed by atoms with E-state index < -0.39 is 0 Å². The van der Waals surface area contributed by atoms with Crippen LogP contribution in [0.2, 0.25) is 0 Å². The van der Waals surface area contributed by atoms with E-state index in [2.05, 4.69) is 51.3 Å². The molecule has 0 amide bonds. The Morgan fingerprint density at radius 2 is 1.68 bits per heavy atom. The number of nitrogens with zero attached hydrogens (tertiary/aromatic N) is 6. The fourth-order valence-corrected chi connectivity index (χ4v) is 4.50. The summed E-state index contributed by atoms with van der Waals surface area (Å²) in [6, 6.07) is 14.9. The third kappa shape index (κ3) is 6.52. The Bertz CT molecular complexity index is 1020. The second-order valence-electron chi connectivity index (χ2n) is 9.09. The average Bonchev–Trinajstić information content (AvgIpc) is 3.27. The Kier molecular flexibility index (Phi) is 9.38. The molecule has 1 saturated heterocycles. The first kappa shape index (κ1) is 26.1. The minimum atomic E-state index is -0.237. The van der Waals surface area contributed by atoms with E-state index in [1.807, 2.05) is 16.8 Å². The van der Waals surface area contributed by atoms with E-state index in [9.17, 15) is 4.39 Å². The van der Waals surface area contributed by atoms with Crippen molar-refractivity contribution < 1.29 is 9.13 Å². The Labute approximate surface area is 207 Å². The molecule has 0 aliphatic carbocycles. The topological polar surface area (TPSA) is 59.3 Å². The molecule has 1 aliphatic heterocycles. The zero-order chi connectivity index (χ0) is 23.2. The number of methoxy groups -OCH3 is 1. The van der Waals surface area contributed by atoms with Crippen LogP contribution in [0.5, 0.6) is 5.75 Å². The maximum absolute atomic E-state index is 13.3. The molecule has 0 saturated carbocycles. The van der Waals surface area contributed by atoms with Crippen LogP contribution in [0.1, 0.15) is 43.3 Å². The monoisotopic (exact) mass is 488 g/mol. The Morgan fingerprint density at radius 1 is 0.971 bits per heavy atom. The van der Waals surface area contributed by atoms with Crippen LogP contribution >= 0.6 is 12.4 Å². The van der Waals surface area contributed by atoms with E-state index in [-0.39, 0.29) is 24.3 Å². The Balaban J connectivity index is 0.00000324. The molecule has 1 unspecified atom stereocenters. The highest BCUT2D eigenvalue weighted by atomic mass is 35.5. The smallest absolute Gasteiger partial charge is 0.168 e. The highest BCUT2D eigenvalue weighted by Crippen LogP contribution is 2.28. The van der Waals surface area contributed by atoms with Crippen LogP contribution in [0.25, 0.3) is 0 Å². The second-order valence-corrected chi connectivity index (χ2v) is 9.09. The molecule has 1 atom stereocenters. The van der Waals surface area contributed by atoms with Gasteiger partial charge in [0, 0.05) is 38.3 Å². The molecule has 1 fully saturated rings. The van der Waals surface area contributed by atoms with Crippen LogP contribution in [0.4, 0.5) is 4.39 Å². The van der Waals surface area contributed by atoms with Crippen LogP contribution in [-0.2, 0) is 13.1 Å². The van der Waals surface area contributed by atoms with Gasteiger partial charge in [-0.25, -0.2) is 9.07 Å². The highest BCUT2D eigenvalue weighted by molar-refractivity contribution is 5.85. The number of piperazine rings is 1. The van der Waals surface area contributed by atoms with Crippen molar-refractivity contribution in [3.63, 3.8) is 0 Å². The summed E-state index contributed by atoms with van der Waals surface area (Å²) in [4.78, 5) is 4.98. The van der Waals surface area contributed by atoms with Crippen molar-refractivity contribution in [2.75, 3.05) is 33.3 Å². The zero-order valence-corrected chi connectivity index (χ0v) is 20.9. The molecule has 2 aromatic carbocycles. The third-order valence-electron chi connectivity index (χ3n) is 6.23. The van der Waals surface area contributed by atoms with Crippen molar-refractivity contribution >= 4 is 12.4 Å². The van der Waals surface area contributed by atoms with Gasteiger partial charge in [0.2, 0.25) is 0 Å². The lowest BCUT2D eigenvalue weighted by molar-refractivity contribution is 0.0766. The fourth-order valence-electron chi connectivity index (χ4n) is 4.50. The summed E-state index contributed by atoms with van der Waals surface area (Å²) in [7, 11) is 1.73. The Hall–Kier alpha value is -2.55. The number of ether oxygens (including phenoxy) is 1. The molecule has 0 bridgehead atoms. The van der Waals surface area contributed by atoms with Crippen molar-refractivity contribution in [2.45, 2.75) is 39.4 Å². The summed E-state index contributed by atoms with van der Waals surface area (Å²) in [6.45, 7) is 9.75. The van der Waals surface area contributed by atoms with E-state index in [1.165, 1.54) is 17.7 Å². The number of hydrogen-bond donors (Lipinski definition) is 0. The van der Waals surface area contributed by atoms with Crippen molar-refractivity contribution in [1.82, 2.24) is 30.0 Å². The molecule has 1 aromatic heterocycles. The lowest BCUT2D eigenvalue weighted by atomic mass is 10.0. The highest BCUT2D eigenvalue weighted by Gasteiger charge is 2.30. The molecule has 0 spiro atoms. The van der Waals surface area contributed by atoms with Crippen LogP contribution in [-0.4, -0.2) is 63.3 Å². The molecule has 0 N–H and O–H groups in total. The second kappa shape index (κ2) is 12.2. The van der Waals surface area contributed by atoms with E-state index in [0.29, 0.717) is 12.5 Å². The summed E-state index contributed by atoms with van der Waals surface area (Å²) < 4.78 is 20.7. The molecule has 3 aromatic rings. The molecule has 34 heavy (non-hydrogen) atoms. The van der Waals surface area contributed by atoms with E-state index in [4.69, 9.17) is 4.74 Å². The summed E-state index contributed by atoms with van der Waals surface area (Å²) in [5.41, 5.74) is 2.20. The van der Waals surface area contributed by atoms with Crippen molar-refractivity contribution in [2.24, 2.45) is 5.92 Å². The van der Waals surface area contributed by atoms with Gasteiger partial charge in [-0.1, -0.05) is 44.2 Å². The van der Waals surface area contributed by atoms with Gasteiger partial charge in [-0.2, -0.15) is 0 Å². The standard InChI is InChI=1S/C25H33FN6O.ClH/c1-19(2)16-23(25-27-28-29-32(25)17-20-8-10-22(26)11-9-20)31-14-12-30(13-15-31)18-21-6-4-5-7-24(21)33-3;/h4-11,19,23H,12-18H2,1-3H3;1H. The quantitative estimate of drug-likeness (QED) is 0.450. The van der Waals surface area contributed by atoms with Crippen LogP contribution in [0.3, 0.4) is 0 Å². The van der Waals surface area contributed by atoms with Crippen LogP contribution in [0.15, 0.2) is 48.5 Å². The van der Waals surface area contributed by atoms with E-state index >= 15 is 0 Å². The van der Waals surface area contributed by atoms with Crippen LogP contribution < -0.4 is 4.74 Å². The minimum absolute atomic E-state index is 0. The molecule has 0 radical (unpaired) electrons. The molecular weight excluding hydrogens is 455 g/mol. The minimum Gasteiger partial charge on any atom is -0.496 e. The molecule has 2 heterocycles. The zero-order valence-electron chi connectivity index (χ0n) is 20.1. The fraction of sp³-hybridized carbons (Fsp3) is 0.480. The van der Waals surface area contributed by atoms with Gasteiger partial charge in [0.25, 0.3) is 0 Å². The van der Waals surface area contributed by atoms with Gasteiger partial charge in [-0.3, -0.25) is 9.80 Å². The Morgan fingerprint density at radius 3 is 2.35 bits per heavy atom. The largest absolute Gasteiger partial charge is 0.496 e. The molecule has 184 valence electrons. The number of para-hydroxylation sites is 1. The van der Waals surface area contributed by atoms with Crippen molar-refractivity contribution in [3.05, 3.63) is 71.3 Å². The number of benzene rings is 2. The summed E-state index contributed by atoms with van der Waals surface area (Å²) in [5, 5.41) is 12.7. The van der Waals surface area contributed by atoms with Gasteiger partial charge in [0.1, 0.15) is 11.6 Å². The molecule has 7 nitrogen and oxygen atoms in total. The van der Waals surface area contributed by atoms with Gasteiger partial charge in [-0.05, 0) is 46.5 Å². The number of aromatic nitrogens is 4. The number of tetrazole rings is 1. The summed E-state index contributed by atoms with van der Waals surface area (Å²) in [6.07, 6.45) is 0.982. The molecule has 4 rings (SSSR count). The number of hydrogen-bond acceptors (Lipinski definition) is 6. The third-order valence-corrected chi connectivity index (χ3v) is 6.23. The summed E-state index contributed by atoms with van der Waals surface area (Å²) >= 11 is 0. The van der Waals surface area contributed by atoms with Gasteiger partial charge >= 0.3 is 0 Å². The number of rotatable bonds is 9. The normalized spacial score (nSPS) is 15.8. The van der Waals surface area contributed by atoms with Gasteiger partial charge in [0.05, 0.1) is 19.7 Å². The molecule has 9 heteroatoms. The first-order valence-electron chi connectivity index (χ1n) is 11.6. The SMILES string of the molecule is COc1ccccc1CN1CCN(C(CC(C)C)c2nnnn2Cc2ccc(F)cc2)CC1.Cl. The first-order chi connectivity index (χ1) is 16.0. The van der Waals surface area contributed by atoms with Gasteiger partial charge in [0.15, 0.2) is 5.82 Å². The maximum Gasteiger partial charge on any atom is 0.168 e. The van der Waals surface area contributed by atoms with Crippen LogP contribution in [0, 0.1) is 11.7 Å². The first-order valence-corrected chi connectivity index (χ1v) is 11.6. The number of halogens is 2. The lowest BCUT2D eigenvalue weighted by Gasteiger charge is -2.39. The van der Waals surface area contributed by atoms with E-state index in [0.717, 1.165) is 56.3 Å². The van der Waals surface area contributed by atoms with E-state index in [1.54, 1.807) is 19.2 Å². The van der Waals surface area contributed by atoms with Gasteiger partial charge < -0.3 is 4.74 Å². The summed E-state index contributed by atoms with van der Waals surface area (Å²) in [5.74, 6) is 2.10. The molecular formula is C25H34ClFN6O. The molecule has 1 aliphatic rings. The van der Waals surface area contributed by atoms with Gasteiger partial charge in [-0.15, -0.1) is 17.5 Å². The maximum atomic E-state index is 13.3. The van der Waals surface area contributed by atoms with Crippen molar-refractivity contribution in [3.8, 4) is 5.75 Å². The predicted octanol–water partition coefficient (Wildman–Crippen LogP) is 4.20. The predicted molar refractivity (Wildman–Crippen MR) is 133 cm³/mol. The lowest BCUT2D eigenvalue weighted by Crippen LogP contribution is -2.48.